The molecule has 0 rings (SSSR count). The SMILES string of the molecule is OCCO.[Na+].[O]=[Mn](=[O])(=[O])[O-]. The van der Waals surface area contributed by atoms with Gasteiger partial charge < -0.3 is 10.2 Å². The van der Waals surface area contributed by atoms with E-state index >= 15 is 0 Å². The molecule has 6 nitrogen and oxygen atoms in total. The maximum absolute atomic E-state index is 8.58. The summed E-state index contributed by atoms with van der Waals surface area (Å²) in [6.45, 7) is -0.250. The summed E-state index contributed by atoms with van der Waals surface area (Å²) in [6.07, 6.45) is 0. The molecule has 0 aliphatic heterocycles. The fourth-order valence-corrected chi connectivity index (χ4v) is 0. The Balaban J connectivity index is -0.0000000910. The van der Waals surface area contributed by atoms with Crippen LogP contribution in [0.2, 0.25) is 0 Å². The van der Waals surface area contributed by atoms with Crippen molar-refractivity contribution in [3.8, 4) is 0 Å². The molecular weight excluding hydrogens is 198 g/mol. The Morgan fingerprint density at radius 2 is 1.20 bits per heavy atom. The molecule has 2 N–H and O–H groups in total. The molecular formula is C2H6MnNaO6. The summed E-state index contributed by atoms with van der Waals surface area (Å²) < 4.78 is 34.3. The summed E-state index contributed by atoms with van der Waals surface area (Å²) in [5.74, 6) is 0. The van der Waals surface area contributed by atoms with Gasteiger partial charge in [-0.25, -0.2) is 0 Å². The summed E-state index contributed by atoms with van der Waals surface area (Å²) in [7, 11) is 0. The van der Waals surface area contributed by atoms with E-state index in [-0.39, 0.29) is 42.8 Å². The first kappa shape index (κ1) is 17.0. The van der Waals surface area contributed by atoms with Crippen molar-refractivity contribution in [2.75, 3.05) is 13.2 Å². The van der Waals surface area contributed by atoms with Crippen molar-refractivity contribution in [2.24, 2.45) is 0 Å². The minimum absolute atomic E-state index is 0. The topological polar surface area (TPSA) is 115 Å². The van der Waals surface area contributed by atoms with Crippen molar-refractivity contribution in [3.63, 3.8) is 0 Å². The van der Waals surface area contributed by atoms with Crippen LogP contribution in [0.5, 0.6) is 0 Å². The monoisotopic (exact) mass is 204 g/mol. The Morgan fingerprint density at radius 3 is 1.20 bits per heavy atom. The molecule has 0 aromatic heterocycles. The molecule has 0 aliphatic carbocycles. The first-order valence-corrected chi connectivity index (χ1v) is 3.68. The molecule has 0 aliphatic rings. The minimum atomic E-state index is -5.62. The maximum atomic E-state index is 8.58. The van der Waals surface area contributed by atoms with Gasteiger partial charge in [0, 0.05) is 0 Å². The van der Waals surface area contributed by atoms with Crippen LogP contribution in [-0.2, 0) is 24.5 Å². The van der Waals surface area contributed by atoms with Gasteiger partial charge in [-0.3, -0.25) is 0 Å². The first-order valence-electron chi connectivity index (χ1n) is 1.75. The Bertz CT molecular complexity index is 159. The second kappa shape index (κ2) is 9.80. The zero-order chi connectivity index (χ0) is 7.91. The van der Waals surface area contributed by atoms with Crippen LogP contribution in [0.4, 0.5) is 0 Å². The van der Waals surface area contributed by atoms with Gasteiger partial charge in [0.15, 0.2) is 0 Å². The van der Waals surface area contributed by atoms with Crippen molar-refractivity contribution < 1.29 is 68.4 Å². The van der Waals surface area contributed by atoms with E-state index in [1.165, 1.54) is 0 Å². The zero-order valence-electron chi connectivity index (χ0n) is 5.32. The third-order valence-corrected chi connectivity index (χ3v) is 0.1000. The zero-order valence-corrected chi connectivity index (χ0v) is 8.50. The van der Waals surface area contributed by atoms with Gasteiger partial charge in [-0.1, -0.05) is 0 Å². The average Bonchev–Trinajstić information content (AvgIpc) is 1.61. The van der Waals surface area contributed by atoms with Gasteiger partial charge in [-0.05, 0) is 0 Å². The fraction of sp³-hybridized carbons (Fsp3) is 1.00. The van der Waals surface area contributed by atoms with Crippen molar-refractivity contribution in [1.82, 2.24) is 0 Å². The first-order chi connectivity index (χ1) is 3.91. The second-order valence-electron chi connectivity index (χ2n) is 0.825. The second-order valence-corrected chi connectivity index (χ2v) is 2.01. The van der Waals surface area contributed by atoms with Crippen molar-refractivity contribution in [2.45, 2.75) is 0 Å². The molecule has 0 saturated carbocycles. The van der Waals surface area contributed by atoms with Crippen molar-refractivity contribution >= 4 is 0 Å². The molecule has 0 fully saturated rings. The number of aliphatic hydroxyl groups excluding tert-OH is 2. The molecule has 0 radical (unpaired) electrons. The Kier molecular flexibility index (Phi) is 16.7. The molecule has 0 saturated heterocycles. The van der Waals surface area contributed by atoms with Gasteiger partial charge >= 0.3 is 58.2 Å². The van der Waals surface area contributed by atoms with Crippen LogP contribution in [-0.4, -0.2) is 23.4 Å². The Labute approximate surface area is 81.3 Å². The molecule has 8 heteroatoms. The third kappa shape index (κ3) is 165. The normalized spacial score (nSPS) is 8.70. The number of rotatable bonds is 1. The van der Waals surface area contributed by atoms with Crippen LogP contribution in [0.3, 0.4) is 0 Å². The molecule has 0 aromatic carbocycles. The van der Waals surface area contributed by atoms with E-state index in [0.29, 0.717) is 0 Å². The van der Waals surface area contributed by atoms with Gasteiger partial charge in [-0.2, -0.15) is 0 Å². The Hall–Kier alpha value is 0.799. The van der Waals surface area contributed by atoms with Gasteiger partial charge in [0.2, 0.25) is 0 Å². The quantitative estimate of drug-likeness (QED) is 0.411. The van der Waals surface area contributed by atoms with Gasteiger partial charge in [-0.15, -0.1) is 0 Å². The van der Waals surface area contributed by atoms with Crippen LogP contribution in [0.1, 0.15) is 0 Å². The summed E-state index contributed by atoms with van der Waals surface area (Å²) in [5.41, 5.74) is 0. The van der Waals surface area contributed by atoms with E-state index in [1.54, 1.807) is 0 Å². The predicted molar refractivity (Wildman–Crippen MR) is 16.2 cm³/mol. The third-order valence-electron chi connectivity index (χ3n) is 0.1000. The molecule has 0 atom stereocenters. The number of hydrogen-bond donors (Lipinski definition) is 2. The summed E-state index contributed by atoms with van der Waals surface area (Å²) in [6, 6.07) is 0. The summed E-state index contributed by atoms with van der Waals surface area (Å²) >= 11 is -5.62. The summed E-state index contributed by atoms with van der Waals surface area (Å²) in [4.78, 5) is 0. The molecule has 0 amide bonds. The van der Waals surface area contributed by atoms with Crippen molar-refractivity contribution in [1.29, 1.82) is 0 Å². The molecule has 0 aromatic rings. The number of hydrogen-bond acceptors (Lipinski definition) is 6. The van der Waals surface area contributed by atoms with Crippen LogP contribution >= 0.6 is 0 Å². The summed E-state index contributed by atoms with van der Waals surface area (Å²) in [5, 5.41) is 15.2. The van der Waals surface area contributed by atoms with Crippen LogP contribution in [0, 0.1) is 0 Å². The van der Waals surface area contributed by atoms with Crippen LogP contribution < -0.4 is 33.7 Å². The predicted octanol–water partition coefficient (Wildman–Crippen LogP) is -5.57. The molecule has 0 unspecified atom stereocenters. The average molecular weight is 204 g/mol. The van der Waals surface area contributed by atoms with E-state index in [4.69, 9.17) is 25.9 Å². The number of aliphatic hydroxyl groups is 2. The van der Waals surface area contributed by atoms with Gasteiger partial charge in [0.25, 0.3) is 0 Å². The molecule has 0 spiro atoms. The Morgan fingerprint density at radius 1 is 1.10 bits per heavy atom. The molecule has 58 valence electrons. The molecule has 0 bridgehead atoms. The molecule has 10 heavy (non-hydrogen) atoms. The molecule has 0 heterocycles. The van der Waals surface area contributed by atoms with Crippen molar-refractivity contribution in [3.05, 3.63) is 0 Å². The van der Waals surface area contributed by atoms with Gasteiger partial charge in [0.1, 0.15) is 0 Å². The van der Waals surface area contributed by atoms with E-state index in [1.807, 2.05) is 0 Å². The van der Waals surface area contributed by atoms with E-state index in [9.17, 15) is 0 Å². The van der Waals surface area contributed by atoms with E-state index in [2.05, 4.69) is 0 Å². The van der Waals surface area contributed by atoms with Gasteiger partial charge in [0.05, 0.1) is 13.2 Å². The fourth-order valence-electron chi connectivity index (χ4n) is 0. The van der Waals surface area contributed by atoms with Crippen LogP contribution in [0.15, 0.2) is 0 Å². The van der Waals surface area contributed by atoms with E-state index in [0.717, 1.165) is 0 Å². The van der Waals surface area contributed by atoms with E-state index < -0.39 is 13.0 Å². The van der Waals surface area contributed by atoms with Crippen LogP contribution in [0.25, 0.3) is 0 Å². The standard InChI is InChI=1S/C2H6O2.Mn.Na.4O/c3-1-2-4;;;;;;/h3-4H,1-2H2;;;;;;/q;;+1;;;;-1.